The summed E-state index contributed by atoms with van der Waals surface area (Å²) in [5.74, 6) is -0.0559. The Bertz CT molecular complexity index is 1800. The van der Waals surface area contributed by atoms with Crippen LogP contribution in [0.4, 0.5) is 24.8 Å². The Hall–Kier alpha value is -5.02. The maximum absolute atomic E-state index is 13.1. The van der Waals surface area contributed by atoms with Crippen molar-refractivity contribution in [2.24, 2.45) is 0 Å². The van der Waals surface area contributed by atoms with Gasteiger partial charge in [-0.1, -0.05) is 29.8 Å². The molecule has 0 unspecified atom stereocenters. The first-order chi connectivity index (χ1) is 20.0. The Balaban J connectivity index is 1.44. The number of anilines is 2. The van der Waals surface area contributed by atoms with Gasteiger partial charge in [-0.15, -0.1) is 10.2 Å². The molecule has 12 nitrogen and oxygen atoms in total. The maximum atomic E-state index is 13.1. The van der Waals surface area contributed by atoms with Gasteiger partial charge in [0.15, 0.2) is 17.8 Å². The van der Waals surface area contributed by atoms with Crippen LogP contribution in [0.15, 0.2) is 77.9 Å². The van der Waals surface area contributed by atoms with Crippen molar-refractivity contribution in [1.29, 1.82) is 0 Å². The number of rotatable bonds is 8. The Kier molecular flexibility index (Phi) is 7.78. The van der Waals surface area contributed by atoms with Gasteiger partial charge in [0.25, 0.3) is 5.91 Å². The van der Waals surface area contributed by atoms with Crippen molar-refractivity contribution in [2.75, 3.05) is 11.1 Å². The Labute approximate surface area is 239 Å². The van der Waals surface area contributed by atoms with Gasteiger partial charge in [0.05, 0.1) is 17.8 Å². The molecule has 0 aliphatic heterocycles. The highest BCUT2D eigenvalue weighted by atomic mass is 35.5. The number of hydrogen-bond donors (Lipinski definition) is 3. The number of nitrogens with one attached hydrogen (secondary N) is 1. The van der Waals surface area contributed by atoms with Crippen molar-refractivity contribution in [3.05, 3.63) is 100.0 Å². The summed E-state index contributed by atoms with van der Waals surface area (Å²) in [6.07, 6.45) is -6.45. The molecule has 3 heterocycles. The third kappa shape index (κ3) is 6.16. The number of aliphatic hydroxyl groups excluding tert-OH is 1. The summed E-state index contributed by atoms with van der Waals surface area (Å²) in [7, 11) is 0. The van der Waals surface area contributed by atoms with E-state index in [4.69, 9.17) is 17.3 Å². The lowest BCUT2D eigenvalue weighted by Gasteiger charge is -2.15. The third-order valence-electron chi connectivity index (χ3n) is 6.00. The van der Waals surface area contributed by atoms with Crippen LogP contribution in [-0.2, 0) is 13.1 Å². The highest BCUT2D eigenvalue weighted by Crippen LogP contribution is 2.24. The second-order valence-electron chi connectivity index (χ2n) is 8.96. The van der Waals surface area contributed by atoms with Gasteiger partial charge in [0.2, 0.25) is 0 Å². The first kappa shape index (κ1) is 28.5. The number of halogens is 4. The van der Waals surface area contributed by atoms with Crippen molar-refractivity contribution < 1.29 is 23.1 Å². The number of nitrogens with two attached hydrogens (primary N) is 1. The monoisotopic (exact) mass is 599 g/mol. The number of aromatic nitrogens is 7. The van der Waals surface area contributed by atoms with E-state index >= 15 is 0 Å². The van der Waals surface area contributed by atoms with Crippen LogP contribution in [0.25, 0.3) is 17.1 Å². The molecule has 3 aromatic heterocycles. The lowest BCUT2D eigenvalue weighted by molar-refractivity contribution is -0.207. The topological polar surface area (TPSA) is 159 Å². The SMILES string of the molecule is Nc1cccc(NC(=O)c2ccccc2-n2cnc(Cn3nc(-c4ccc(Cl)cc4)n(C[C@H](O)C(F)(F)F)c3=O)n2)n1. The molecule has 1 atom stereocenters. The predicted molar refractivity (Wildman–Crippen MR) is 146 cm³/mol. The van der Waals surface area contributed by atoms with Crippen LogP contribution < -0.4 is 16.7 Å². The average Bonchev–Trinajstić information content (AvgIpc) is 3.53. The fourth-order valence-corrected chi connectivity index (χ4v) is 4.11. The maximum Gasteiger partial charge on any atom is 0.416 e. The zero-order chi connectivity index (χ0) is 30.0. The minimum atomic E-state index is -4.96. The van der Waals surface area contributed by atoms with Crippen LogP contribution in [0.2, 0.25) is 5.02 Å². The van der Waals surface area contributed by atoms with Gasteiger partial charge < -0.3 is 16.2 Å². The van der Waals surface area contributed by atoms with Crippen LogP contribution >= 0.6 is 11.6 Å². The summed E-state index contributed by atoms with van der Waals surface area (Å²) in [4.78, 5) is 34.4. The number of pyridine rings is 1. The van der Waals surface area contributed by atoms with Crippen LogP contribution in [0.1, 0.15) is 16.2 Å². The molecule has 42 heavy (non-hydrogen) atoms. The van der Waals surface area contributed by atoms with E-state index in [2.05, 4.69) is 25.5 Å². The van der Waals surface area contributed by atoms with Crippen LogP contribution in [0, 0.1) is 0 Å². The molecule has 0 radical (unpaired) electrons. The quantitative estimate of drug-likeness (QED) is 0.245. The Morgan fingerprint density at radius 3 is 2.50 bits per heavy atom. The second kappa shape index (κ2) is 11.5. The highest BCUT2D eigenvalue weighted by molar-refractivity contribution is 6.30. The number of nitrogens with zero attached hydrogens (tertiary/aromatic N) is 7. The number of nitrogen functional groups attached to an aromatic ring is 1. The summed E-state index contributed by atoms with van der Waals surface area (Å²) < 4.78 is 42.3. The lowest BCUT2D eigenvalue weighted by atomic mass is 10.1. The first-order valence-electron chi connectivity index (χ1n) is 12.2. The van der Waals surface area contributed by atoms with Crippen molar-refractivity contribution in [3.63, 3.8) is 0 Å². The molecule has 0 fully saturated rings. The minimum Gasteiger partial charge on any atom is -0.384 e. The molecule has 2 aromatic carbocycles. The van der Waals surface area contributed by atoms with E-state index in [0.717, 1.165) is 9.25 Å². The number of benzene rings is 2. The van der Waals surface area contributed by atoms with Crippen LogP contribution in [0.3, 0.4) is 0 Å². The molecule has 16 heteroatoms. The van der Waals surface area contributed by atoms with E-state index in [1.165, 1.54) is 35.3 Å². The molecule has 5 rings (SSSR count). The molecule has 0 aliphatic rings. The molecule has 1 amide bonds. The van der Waals surface area contributed by atoms with Gasteiger partial charge in [-0.2, -0.15) is 13.2 Å². The number of amides is 1. The number of carbonyl (C=O) groups is 1. The molecular weight excluding hydrogens is 579 g/mol. The van der Waals surface area contributed by atoms with Crippen molar-refractivity contribution >= 4 is 29.1 Å². The van der Waals surface area contributed by atoms with Gasteiger partial charge in [-0.05, 0) is 48.5 Å². The normalized spacial score (nSPS) is 12.3. The van der Waals surface area contributed by atoms with Gasteiger partial charge in [0.1, 0.15) is 24.5 Å². The number of aliphatic hydroxyl groups is 1. The summed E-state index contributed by atoms with van der Waals surface area (Å²) >= 11 is 5.92. The van der Waals surface area contributed by atoms with Crippen LogP contribution in [0.5, 0.6) is 0 Å². The van der Waals surface area contributed by atoms with Gasteiger partial charge in [0, 0.05) is 10.6 Å². The van der Waals surface area contributed by atoms with Gasteiger partial charge >= 0.3 is 11.9 Å². The van der Waals surface area contributed by atoms with E-state index < -0.39 is 30.4 Å². The first-order valence-corrected chi connectivity index (χ1v) is 12.6. The fraction of sp³-hybridized carbons (Fsp3) is 0.154. The minimum absolute atomic E-state index is 0.0773. The summed E-state index contributed by atoms with van der Waals surface area (Å²) in [5.41, 5.74) is 5.64. The molecule has 0 spiro atoms. The summed E-state index contributed by atoms with van der Waals surface area (Å²) in [6.45, 7) is -1.39. The molecule has 0 saturated heterocycles. The van der Waals surface area contributed by atoms with Gasteiger partial charge in [-0.3, -0.25) is 9.36 Å². The second-order valence-corrected chi connectivity index (χ2v) is 9.40. The van der Waals surface area contributed by atoms with Crippen molar-refractivity contribution in [1.82, 2.24) is 34.1 Å². The van der Waals surface area contributed by atoms with E-state index in [-0.39, 0.29) is 35.4 Å². The number of alkyl halides is 3. The third-order valence-corrected chi connectivity index (χ3v) is 6.25. The van der Waals surface area contributed by atoms with Crippen molar-refractivity contribution in [2.45, 2.75) is 25.4 Å². The van der Waals surface area contributed by atoms with Crippen molar-refractivity contribution in [3.8, 4) is 17.1 Å². The largest absolute Gasteiger partial charge is 0.416 e. The lowest BCUT2D eigenvalue weighted by Crippen LogP contribution is -2.37. The molecule has 0 bridgehead atoms. The molecular formula is C26H21ClF3N9O3. The molecule has 0 aliphatic carbocycles. The molecule has 216 valence electrons. The molecule has 4 N–H and O–H groups in total. The van der Waals surface area contributed by atoms with E-state index in [0.29, 0.717) is 16.3 Å². The van der Waals surface area contributed by atoms with E-state index in [1.54, 1.807) is 42.5 Å². The fourth-order valence-electron chi connectivity index (χ4n) is 3.99. The smallest absolute Gasteiger partial charge is 0.384 e. The van der Waals surface area contributed by atoms with Gasteiger partial charge in [-0.25, -0.2) is 24.1 Å². The average molecular weight is 600 g/mol. The zero-order valence-electron chi connectivity index (χ0n) is 21.4. The molecule has 0 saturated carbocycles. The molecule has 5 aromatic rings. The summed E-state index contributed by atoms with van der Waals surface area (Å²) in [6, 6.07) is 17.3. The van der Waals surface area contributed by atoms with E-state index in [9.17, 15) is 27.9 Å². The number of hydrogen-bond acceptors (Lipinski definition) is 8. The summed E-state index contributed by atoms with van der Waals surface area (Å²) in [5, 5.41) is 21.2. The predicted octanol–water partition coefficient (Wildman–Crippen LogP) is 3.15. The highest BCUT2D eigenvalue weighted by Gasteiger charge is 2.39. The number of carbonyl (C=O) groups excluding carboxylic acids is 1. The number of para-hydroxylation sites is 1. The van der Waals surface area contributed by atoms with E-state index in [1.807, 2.05) is 0 Å². The Morgan fingerprint density at radius 2 is 1.79 bits per heavy atom. The Morgan fingerprint density at radius 1 is 1.05 bits per heavy atom. The zero-order valence-corrected chi connectivity index (χ0v) is 22.2. The standard InChI is InChI=1S/C26H21ClF3N9O3/c27-16-10-8-15(9-11-16)23-36-38(25(42)37(23)12-19(40)26(28,29)30)13-22-32-14-39(35-22)18-5-2-1-4-17(18)24(41)34-21-7-3-6-20(31)33-21/h1-11,14,19,40H,12-13H2,(H3,31,33,34,41)/t19-/m0/s1. The van der Waals surface area contributed by atoms with Crippen LogP contribution in [-0.4, -0.2) is 57.4 Å².